The first-order valence-electron chi connectivity index (χ1n) is 6.97. The van der Waals surface area contributed by atoms with Crippen LogP contribution in [0.1, 0.15) is 38.8 Å². The summed E-state index contributed by atoms with van der Waals surface area (Å²) in [6, 6.07) is 9.01. The fraction of sp³-hybridized carbons (Fsp3) is 0.562. The van der Waals surface area contributed by atoms with Crippen LogP contribution in [-0.4, -0.2) is 18.4 Å². The van der Waals surface area contributed by atoms with Gasteiger partial charge in [0.05, 0.1) is 6.04 Å². The Morgan fingerprint density at radius 1 is 1.16 bits per heavy atom. The van der Waals surface area contributed by atoms with E-state index in [0.29, 0.717) is 12.0 Å². The van der Waals surface area contributed by atoms with E-state index in [1.807, 2.05) is 0 Å². The number of aldehydes is 1. The minimum absolute atomic E-state index is 0.0858. The lowest BCUT2D eigenvalue weighted by Crippen LogP contribution is -2.33. The monoisotopic (exact) mass is 260 g/mol. The van der Waals surface area contributed by atoms with E-state index in [2.05, 4.69) is 62.8 Å². The maximum atomic E-state index is 11.0. The molecule has 104 valence electrons. The predicted octanol–water partition coefficient (Wildman–Crippen LogP) is 2.21. The van der Waals surface area contributed by atoms with Gasteiger partial charge in [0.2, 0.25) is 0 Å². The second-order valence-electron chi connectivity index (χ2n) is 6.55. The van der Waals surface area contributed by atoms with Gasteiger partial charge in [0.15, 0.2) is 0 Å². The molecular formula is C16H24N2O. The van der Waals surface area contributed by atoms with E-state index in [-0.39, 0.29) is 11.5 Å². The van der Waals surface area contributed by atoms with Gasteiger partial charge in [0.1, 0.15) is 6.29 Å². The van der Waals surface area contributed by atoms with E-state index in [1.165, 1.54) is 11.1 Å². The summed E-state index contributed by atoms with van der Waals surface area (Å²) in [4.78, 5) is 11.0. The number of benzene rings is 1. The van der Waals surface area contributed by atoms with Crippen LogP contribution in [0.3, 0.4) is 0 Å². The molecule has 2 N–H and O–H groups in total. The number of nitrogens with one attached hydrogen (secondary N) is 2. The van der Waals surface area contributed by atoms with E-state index < -0.39 is 0 Å². The number of hydrazine groups is 1. The molecule has 0 radical (unpaired) electrons. The molecule has 0 aromatic heterocycles. The van der Waals surface area contributed by atoms with Crippen LogP contribution >= 0.6 is 0 Å². The predicted molar refractivity (Wildman–Crippen MR) is 77.9 cm³/mol. The molecule has 1 fully saturated rings. The molecule has 0 bridgehead atoms. The van der Waals surface area contributed by atoms with Crippen molar-refractivity contribution in [1.29, 1.82) is 0 Å². The summed E-state index contributed by atoms with van der Waals surface area (Å²) >= 11 is 0. The molecule has 1 saturated heterocycles. The van der Waals surface area contributed by atoms with Crippen LogP contribution in [0.25, 0.3) is 0 Å². The van der Waals surface area contributed by atoms with Crippen molar-refractivity contribution >= 4 is 6.29 Å². The summed E-state index contributed by atoms with van der Waals surface area (Å²) in [5.41, 5.74) is 9.02. The van der Waals surface area contributed by atoms with Crippen molar-refractivity contribution < 1.29 is 4.79 Å². The number of rotatable bonds is 3. The maximum Gasteiger partial charge on any atom is 0.138 e. The molecule has 3 nitrogen and oxygen atoms in total. The highest BCUT2D eigenvalue weighted by atomic mass is 16.1. The lowest BCUT2D eigenvalue weighted by molar-refractivity contribution is -0.110. The summed E-state index contributed by atoms with van der Waals surface area (Å²) in [5.74, 6) is 0.318. The van der Waals surface area contributed by atoms with Crippen LogP contribution in [0.5, 0.6) is 0 Å². The molecule has 1 aliphatic heterocycles. The molecule has 1 aromatic rings. The van der Waals surface area contributed by atoms with E-state index in [9.17, 15) is 4.79 Å². The summed E-state index contributed by atoms with van der Waals surface area (Å²) in [7, 11) is 0. The van der Waals surface area contributed by atoms with Crippen LogP contribution in [0.2, 0.25) is 0 Å². The maximum absolute atomic E-state index is 11.0. The van der Waals surface area contributed by atoms with Crippen molar-refractivity contribution in [2.24, 2.45) is 5.92 Å². The van der Waals surface area contributed by atoms with Crippen LogP contribution in [-0.2, 0) is 16.6 Å². The Kier molecular flexibility index (Phi) is 4.07. The lowest BCUT2D eigenvalue weighted by Gasteiger charge is -2.21. The largest absolute Gasteiger partial charge is 0.302 e. The van der Waals surface area contributed by atoms with Crippen molar-refractivity contribution in [3.05, 3.63) is 35.4 Å². The van der Waals surface area contributed by atoms with Gasteiger partial charge in [-0.25, -0.2) is 5.43 Å². The van der Waals surface area contributed by atoms with Gasteiger partial charge in [-0.2, -0.15) is 0 Å². The Morgan fingerprint density at radius 2 is 1.79 bits per heavy atom. The normalized spacial score (nSPS) is 27.5. The van der Waals surface area contributed by atoms with Crippen molar-refractivity contribution in [2.45, 2.75) is 51.6 Å². The van der Waals surface area contributed by atoms with E-state index in [1.54, 1.807) is 0 Å². The van der Waals surface area contributed by atoms with Gasteiger partial charge < -0.3 is 4.79 Å². The van der Waals surface area contributed by atoms with Gasteiger partial charge in [-0.3, -0.25) is 5.43 Å². The third kappa shape index (κ3) is 3.23. The highest BCUT2D eigenvalue weighted by molar-refractivity contribution is 5.59. The van der Waals surface area contributed by atoms with Crippen LogP contribution in [0.15, 0.2) is 24.3 Å². The summed E-state index contributed by atoms with van der Waals surface area (Å²) < 4.78 is 0. The molecule has 3 unspecified atom stereocenters. The molecule has 2 rings (SSSR count). The van der Waals surface area contributed by atoms with Gasteiger partial charge in [-0.15, -0.1) is 0 Å². The molecule has 19 heavy (non-hydrogen) atoms. The smallest absolute Gasteiger partial charge is 0.138 e. The Balaban J connectivity index is 2.09. The number of hydrogen-bond acceptors (Lipinski definition) is 3. The van der Waals surface area contributed by atoms with E-state index in [0.717, 1.165) is 12.7 Å². The molecular weight excluding hydrogens is 236 g/mol. The first-order valence-corrected chi connectivity index (χ1v) is 6.97. The quantitative estimate of drug-likeness (QED) is 0.819. The average molecular weight is 260 g/mol. The number of hydrogen-bond donors (Lipinski definition) is 2. The Morgan fingerprint density at radius 3 is 2.32 bits per heavy atom. The zero-order valence-electron chi connectivity index (χ0n) is 12.2. The van der Waals surface area contributed by atoms with E-state index in [4.69, 9.17) is 0 Å². The topological polar surface area (TPSA) is 41.1 Å². The molecule has 0 spiro atoms. The first-order chi connectivity index (χ1) is 8.91. The molecule has 1 aliphatic rings. The van der Waals surface area contributed by atoms with Crippen LogP contribution in [0, 0.1) is 5.92 Å². The molecule has 0 aliphatic carbocycles. The zero-order chi connectivity index (χ0) is 14.0. The minimum Gasteiger partial charge on any atom is -0.302 e. The van der Waals surface area contributed by atoms with Gasteiger partial charge in [-0.1, -0.05) is 45.0 Å². The SMILES string of the molecule is CC1NNC(C=O)C1Cc1ccc(C(C)(C)C)cc1. The molecule has 1 heterocycles. The fourth-order valence-corrected chi connectivity index (χ4v) is 2.60. The van der Waals surface area contributed by atoms with Crippen LogP contribution < -0.4 is 10.9 Å². The lowest BCUT2D eigenvalue weighted by atomic mass is 9.85. The third-order valence-corrected chi connectivity index (χ3v) is 4.02. The van der Waals surface area contributed by atoms with Crippen molar-refractivity contribution in [2.75, 3.05) is 0 Å². The number of carbonyl (C=O) groups is 1. The summed E-state index contributed by atoms with van der Waals surface area (Å²) in [5, 5.41) is 0. The fourth-order valence-electron chi connectivity index (χ4n) is 2.60. The molecule has 3 heteroatoms. The molecule has 0 amide bonds. The third-order valence-electron chi connectivity index (χ3n) is 4.02. The number of carbonyl (C=O) groups excluding carboxylic acids is 1. The van der Waals surface area contributed by atoms with Gasteiger partial charge in [0, 0.05) is 12.0 Å². The average Bonchev–Trinajstić information content (AvgIpc) is 2.70. The minimum atomic E-state index is -0.0858. The zero-order valence-corrected chi connectivity index (χ0v) is 12.2. The highest BCUT2D eigenvalue weighted by Gasteiger charge is 2.32. The van der Waals surface area contributed by atoms with Crippen molar-refractivity contribution in [1.82, 2.24) is 10.9 Å². The second-order valence-corrected chi connectivity index (χ2v) is 6.55. The molecule has 0 saturated carbocycles. The molecule has 3 atom stereocenters. The van der Waals surface area contributed by atoms with Gasteiger partial charge in [-0.05, 0) is 29.9 Å². The second kappa shape index (κ2) is 5.43. The van der Waals surface area contributed by atoms with Gasteiger partial charge >= 0.3 is 0 Å². The van der Waals surface area contributed by atoms with Crippen LogP contribution in [0.4, 0.5) is 0 Å². The van der Waals surface area contributed by atoms with Crippen molar-refractivity contribution in [3.8, 4) is 0 Å². The van der Waals surface area contributed by atoms with Crippen molar-refractivity contribution in [3.63, 3.8) is 0 Å². The summed E-state index contributed by atoms with van der Waals surface area (Å²) in [6.45, 7) is 8.77. The van der Waals surface area contributed by atoms with E-state index >= 15 is 0 Å². The van der Waals surface area contributed by atoms with Gasteiger partial charge in [0.25, 0.3) is 0 Å². The first kappa shape index (κ1) is 14.2. The molecule has 1 aromatic carbocycles. The Labute approximate surface area is 115 Å². The standard InChI is InChI=1S/C16H24N2O/c1-11-14(15(10-19)18-17-11)9-12-5-7-13(8-6-12)16(2,3)4/h5-8,10-11,14-15,17-18H,9H2,1-4H3. The summed E-state index contributed by atoms with van der Waals surface area (Å²) in [6.07, 6.45) is 1.93. The highest BCUT2D eigenvalue weighted by Crippen LogP contribution is 2.24. The Hall–Kier alpha value is -1.19. The Bertz CT molecular complexity index is 433.